The van der Waals surface area contributed by atoms with Crippen LogP contribution >= 0.6 is 11.6 Å². The van der Waals surface area contributed by atoms with E-state index in [1.807, 2.05) is 18.2 Å². The monoisotopic (exact) mass is 352 g/mol. The van der Waals surface area contributed by atoms with Gasteiger partial charge in [0.2, 0.25) is 10.0 Å². The van der Waals surface area contributed by atoms with Crippen LogP contribution in [0.15, 0.2) is 53.6 Å². The molecule has 1 N–H and O–H groups in total. The van der Waals surface area contributed by atoms with Gasteiger partial charge in [-0.3, -0.25) is 4.98 Å². The van der Waals surface area contributed by atoms with Crippen molar-refractivity contribution in [2.24, 2.45) is 0 Å². The first kappa shape index (κ1) is 16.4. The van der Waals surface area contributed by atoms with Gasteiger partial charge in [0, 0.05) is 11.2 Å². The van der Waals surface area contributed by atoms with Crippen molar-refractivity contribution in [1.82, 2.24) is 9.29 Å². The Balaban J connectivity index is 1.63. The second-order valence-electron chi connectivity index (χ2n) is 5.61. The average molecular weight is 353 g/mol. The molecule has 0 amide bonds. The number of sulfonamides is 1. The molecule has 0 bridgehead atoms. The summed E-state index contributed by atoms with van der Waals surface area (Å²) in [7, 11) is -3.43. The summed E-state index contributed by atoms with van der Waals surface area (Å²) in [4.78, 5) is 5.99. The van der Waals surface area contributed by atoms with Gasteiger partial charge in [-0.2, -0.15) is 4.31 Å². The highest BCUT2D eigenvalue weighted by Gasteiger charge is 2.30. The highest BCUT2D eigenvalue weighted by atomic mass is 35.5. The van der Waals surface area contributed by atoms with Gasteiger partial charge in [-0.25, -0.2) is 8.42 Å². The molecule has 0 saturated carbocycles. The normalized spacial score (nSPS) is 17.3. The topological polar surface area (TPSA) is 54.7 Å². The minimum atomic E-state index is -3.43. The molecule has 3 rings (SSSR count). The number of aromatic nitrogens is 1. The molecular weight excluding hydrogens is 334 g/mol. The molecule has 1 aromatic carbocycles. The number of quaternary nitrogens is 1. The van der Waals surface area contributed by atoms with E-state index in [1.165, 1.54) is 4.90 Å². The van der Waals surface area contributed by atoms with Crippen molar-refractivity contribution >= 4 is 21.6 Å². The predicted octanol–water partition coefficient (Wildman–Crippen LogP) is 0.824. The van der Waals surface area contributed by atoms with E-state index in [-0.39, 0.29) is 0 Å². The molecule has 1 saturated heterocycles. The summed E-state index contributed by atoms with van der Waals surface area (Å²) in [5, 5.41) is 0.536. The first-order valence-electron chi connectivity index (χ1n) is 7.55. The van der Waals surface area contributed by atoms with Crippen molar-refractivity contribution in [3.63, 3.8) is 0 Å². The Bertz CT molecular complexity index is 743. The summed E-state index contributed by atoms with van der Waals surface area (Å²) < 4.78 is 26.8. The molecule has 7 heteroatoms. The molecule has 1 aromatic heterocycles. The minimum Gasteiger partial charge on any atom is -0.328 e. The second kappa shape index (κ2) is 6.97. The van der Waals surface area contributed by atoms with Crippen LogP contribution in [0.5, 0.6) is 0 Å². The average Bonchev–Trinajstić information content (AvgIpc) is 2.57. The molecule has 2 aromatic rings. The van der Waals surface area contributed by atoms with Gasteiger partial charge in [-0.1, -0.05) is 17.7 Å². The lowest BCUT2D eigenvalue weighted by molar-refractivity contribution is -0.917. The first-order valence-corrected chi connectivity index (χ1v) is 9.37. The summed E-state index contributed by atoms with van der Waals surface area (Å²) in [6.07, 6.45) is 1.79. The molecule has 1 aliphatic rings. The van der Waals surface area contributed by atoms with Gasteiger partial charge in [-0.05, 0) is 36.4 Å². The number of rotatable bonds is 4. The van der Waals surface area contributed by atoms with Gasteiger partial charge in [0.25, 0.3) is 0 Å². The largest absolute Gasteiger partial charge is 0.328 e. The van der Waals surface area contributed by atoms with E-state index in [0.29, 0.717) is 23.0 Å². The van der Waals surface area contributed by atoms with Crippen molar-refractivity contribution in [3.05, 3.63) is 59.4 Å². The smallest absolute Gasteiger partial charge is 0.243 e. The van der Waals surface area contributed by atoms with Gasteiger partial charge in [-0.15, -0.1) is 0 Å². The van der Waals surface area contributed by atoms with Crippen molar-refractivity contribution in [1.29, 1.82) is 0 Å². The molecule has 0 unspecified atom stereocenters. The number of piperazine rings is 1. The van der Waals surface area contributed by atoms with E-state index in [2.05, 4.69) is 4.98 Å². The van der Waals surface area contributed by atoms with E-state index in [4.69, 9.17) is 11.6 Å². The van der Waals surface area contributed by atoms with E-state index >= 15 is 0 Å². The molecule has 122 valence electrons. The van der Waals surface area contributed by atoms with E-state index in [1.54, 1.807) is 34.8 Å². The maximum Gasteiger partial charge on any atom is 0.243 e. The number of nitrogens with zero attached hydrogens (tertiary/aromatic N) is 2. The van der Waals surface area contributed by atoms with Crippen molar-refractivity contribution in [3.8, 4) is 0 Å². The lowest BCUT2D eigenvalue weighted by Crippen LogP contribution is -3.13. The Morgan fingerprint density at radius 2 is 1.78 bits per heavy atom. The number of halogens is 1. The Kier molecular flexibility index (Phi) is 4.96. The summed E-state index contributed by atoms with van der Waals surface area (Å²) in [6, 6.07) is 12.2. The molecule has 0 aliphatic carbocycles. The summed E-state index contributed by atoms with van der Waals surface area (Å²) in [5.41, 5.74) is 1.04. The molecular formula is C16H19ClN3O2S+. The van der Waals surface area contributed by atoms with Gasteiger partial charge in [0.15, 0.2) is 0 Å². The molecule has 2 heterocycles. The fourth-order valence-corrected chi connectivity index (χ4v) is 4.30. The summed E-state index contributed by atoms with van der Waals surface area (Å²) in [5.74, 6) is 0. The lowest BCUT2D eigenvalue weighted by Gasteiger charge is -2.31. The first-order chi connectivity index (χ1) is 11.1. The number of hydrogen-bond acceptors (Lipinski definition) is 3. The maximum atomic E-state index is 12.6. The van der Waals surface area contributed by atoms with E-state index in [0.717, 1.165) is 25.3 Å². The zero-order chi connectivity index (χ0) is 16.3. The minimum absolute atomic E-state index is 0.301. The maximum absolute atomic E-state index is 12.6. The van der Waals surface area contributed by atoms with Gasteiger partial charge in [0.1, 0.15) is 6.54 Å². The second-order valence-corrected chi connectivity index (χ2v) is 7.98. The highest BCUT2D eigenvalue weighted by Crippen LogP contribution is 2.18. The van der Waals surface area contributed by atoms with Crippen LogP contribution in [0.25, 0.3) is 0 Å². The molecule has 0 spiro atoms. The van der Waals surface area contributed by atoms with Crippen molar-refractivity contribution in [2.45, 2.75) is 11.4 Å². The van der Waals surface area contributed by atoms with Crippen LogP contribution in [0.1, 0.15) is 5.69 Å². The zero-order valence-corrected chi connectivity index (χ0v) is 14.2. The third kappa shape index (κ3) is 3.90. The highest BCUT2D eigenvalue weighted by molar-refractivity contribution is 7.89. The van der Waals surface area contributed by atoms with Crippen LogP contribution < -0.4 is 4.90 Å². The third-order valence-corrected chi connectivity index (χ3v) is 6.20. The molecule has 0 radical (unpaired) electrons. The fraction of sp³-hybridized carbons (Fsp3) is 0.312. The van der Waals surface area contributed by atoms with E-state index < -0.39 is 10.0 Å². The summed E-state index contributed by atoms with van der Waals surface area (Å²) in [6.45, 7) is 3.43. The molecule has 1 fully saturated rings. The van der Waals surface area contributed by atoms with Crippen LogP contribution in [0, 0.1) is 0 Å². The zero-order valence-electron chi connectivity index (χ0n) is 12.7. The Morgan fingerprint density at radius 3 is 2.39 bits per heavy atom. The third-order valence-electron chi connectivity index (χ3n) is 4.04. The van der Waals surface area contributed by atoms with E-state index in [9.17, 15) is 8.42 Å². The number of pyridine rings is 1. The number of benzene rings is 1. The molecule has 23 heavy (non-hydrogen) atoms. The van der Waals surface area contributed by atoms with Gasteiger partial charge in [0.05, 0.1) is 36.8 Å². The molecule has 0 atom stereocenters. The summed E-state index contributed by atoms with van der Waals surface area (Å²) >= 11 is 5.83. The number of nitrogens with one attached hydrogen (secondary N) is 1. The van der Waals surface area contributed by atoms with Crippen LogP contribution in [0.2, 0.25) is 5.02 Å². The molecule has 1 aliphatic heterocycles. The van der Waals surface area contributed by atoms with Crippen LogP contribution in [0.3, 0.4) is 0 Å². The van der Waals surface area contributed by atoms with Crippen LogP contribution in [0.4, 0.5) is 0 Å². The van der Waals surface area contributed by atoms with Crippen molar-refractivity contribution in [2.75, 3.05) is 26.2 Å². The number of hydrogen-bond donors (Lipinski definition) is 1. The predicted molar refractivity (Wildman–Crippen MR) is 88.8 cm³/mol. The Labute approximate surface area is 141 Å². The standard InChI is InChI=1S/C16H18ClN3O2S/c17-14-4-6-16(7-5-14)23(21,22)20-11-9-19(10-12-20)13-15-3-1-2-8-18-15/h1-8H,9-13H2/p+1. The SMILES string of the molecule is O=S(=O)(c1ccc(Cl)cc1)N1CC[NH+](Cc2ccccn2)CC1. The Morgan fingerprint density at radius 1 is 1.09 bits per heavy atom. The molecule has 5 nitrogen and oxygen atoms in total. The quantitative estimate of drug-likeness (QED) is 0.886. The fourth-order valence-electron chi connectivity index (χ4n) is 2.73. The van der Waals surface area contributed by atoms with Gasteiger partial charge >= 0.3 is 0 Å². The van der Waals surface area contributed by atoms with Crippen LogP contribution in [-0.2, 0) is 16.6 Å². The van der Waals surface area contributed by atoms with Crippen LogP contribution in [-0.4, -0.2) is 43.9 Å². The Hall–Kier alpha value is -1.47. The van der Waals surface area contributed by atoms with Gasteiger partial charge < -0.3 is 4.90 Å². The van der Waals surface area contributed by atoms with Crippen molar-refractivity contribution < 1.29 is 13.3 Å². The lowest BCUT2D eigenvalue weighted by atomic mass is 10.3.